The molecule has 0 aliphatic carbocycles. The Labute approximate surface area is 160 Å². The molecule has 0 atom stereocenters. The van der Waals surface area contributed by atoms with E-state index in [1.54, 1.807) is 19.1 Å². The van der Waals surface area contributed by atoms with Gasteiger partial charge in [0, 0.05) is 6.92 Å². The van der Waals surface area contributed by atoms with Gasteiger partial charge in [0.25, 0.3) is 10.1 Å². The second-order valence-corrected chi connectivity index (χ2v) is 8.09. The van der Waals surface area contributed by atoms with Gasteiger partial charge in [-0.1, -0.05) is 48.0 Å². The van der Waals surface area contributed by atoms with Crippen LogP contribution in [0.4, 0.5) is 0 Å². The van der Waals surface area contributed by atoms with Gasteiger partial charge in [0.15, 0.2) is 0 Å². The maximum absolute atomic E-state index is 11.4. The summed E-state index contributed by atoms with van der Waals surface area (Å²) in [4.78, 5) is 11.3. The lowest BCUT2D eigenvalue weighted by Gasteiger charge is -2.38. The van der Waals surface area contributed by atoms with Crippen molar-refractivity contribution in [1.29, 1.82) is 0 Å². The molecule has 1 fully saturated rings. The molecule has 0 unspecified atom stereocenters. The Bertz CT molecular complexity index is 843. The third-order valence-corrected chi connectivity index (χ3v) is 5.39. The van der Waals surface area contributed by atoms with E-state index in [0.717, 1.165) is 31.5 Å². The summed E-state index contributed by atoms with van der Waals surface area (Å²) in [7, 11) is -4.02. The smallest absolute Gasteiger partial charge is 0.294 e. The van der Waals surface area contributed by atoms with E-state index in [4.69, 9.17) is 4.55 Å². The fraction of sp³-hybridized carbons (Fsp3) is 0.350. The molecule has 0 aromatic heterocycles. The zero-order chi connectivity index (χ0) is 19.9. The van der Waals surface area contributed by atoms with Crippen molar-refractivity contribution in [3.8, 4) is 0 Å². The average Bonchev–Trinajstić information content (AvgIpc) is 2.63. The molecule has 1 amide bonds. The molecule has 0 bridgehead atoms. The van der Waals surface area contributed by atoms with E-state index in [0.29, 0.717) is 0 Å². The maximum Gasteiger partial charge on any atom is 0.294 e. The Kier molecular flexibility index (Phi) is 7.12. The second kappa shape index (κ2) is 9.12. The number of piperidine rings is 1. The van der Waals surface area contributed by atoms with Gasteiger partial charge in [-0.05, 0) is 50.6 Å². The predicted octanol–water partition coefficient (Wildman–Crippen LogP) is 2.64. The van der Waals surface area contributed by atoms with Crippen LogP contribution in [0.15, 0.2) is 59.5 Å². The highest BCUT2D eigenvalue weighted by molar-refractivity contribution is 7.85. The molecule has 2 aromatic rings. The summed E-state index contributed by atoms with van der Waals surface area (Å²) in [6.07, 6.45) is 1.91. The van der Waals surface area contributed by atoms with E-state index in [-0.39, 0.29) is 16.3 Å². The van der Waals surface area contributed by atoms with Crippen LogP contribution < -0.4 is 10.6 Å². The largest absolute Gasteiger partial charge is 0.347 e. The molecule has 1 aliphatic heterocycles. The third kappa shape index (κ3) is 6.16. The SMILES string of the molecule is CC(=O)NC1(c2ccccc2)CCNCC1.Cc1ccc(S(=O)(=O)O)cc1. The van der Waals surface area contributed by atoms with Crippen LogP contribution >= 0.6 is 0 Å². The van der Waals surface area contributed by atoms with Crippen molar-refractivity contribution < 1.29 is 17.8 Å². The van der Waals surface area contributed by atoms with Crippen LogP contribution in [-0.4, -0.2) is 32.0 Å². The van der Waals surface area contributed by atoms with Gasteiger partial charge in [-0.3, -0.25) is 9.35 Å². The zero-order valence-corrected chi connectivity index (χ0v) is 16.4. The lowest BCUT2D eigenvalue weighted by atomic mass is 9.81. The number of hydrogen-bond acceptors (Lipinski definition) is 4. The monoisotopic (exact) mass is 390 g/mol. The fourth-order valence-electron chi connectivity index (χ4n) is 3.14. The van der Waals surface area contributed by atoms with Crippen LogP contribution in [0.3, 0.4) is 0 Å². The zero-order valence-electron chi connectivity index (χ0n) is 15.6. The molecule has 0 spiro atoms. The molecule has 1 aliphatic rings. The maximum atomic E-state index is 11.4. The standard InChI is InChI=1S/C13H18N2O.C7H8O3S/c1-11(16)15-13(7-9-14-10-8-13)12-5-3-2-4-6-12;1-6-2-4-7(5-3-6)11(8,9)10/h2-6,14H,7-10H2,1H3,(H,15,16);2-5H,1H3,(H,8,9,10). The van der Waals surface area contributed by atoms with E-state index >= 15 is 0 Å². The molecule has 6 nitrogen and oxygen atoms in total. The van der Waals surface area contributed by atoms with Crippen LogP contribution in [0.5, 0.6) is 0 Å². The highest BCUT2D eigenvalue weighted by atomic mass is 32.2. The molecule has 3 rings (SSSR count). The summed E-state index contributed by atoms with van der Waals surface area (Å²) < 4.78 is 29.6. The number of carbonyl (C=O) groups excluding carboxylic acids is 1. The third-order valence-electron chi connectivity index (χ3n) is 4.52. The average molecular weight is 391 g/mol. The van der Waals surface area contributed by atoms with Crippen LogP contribution in [0, 0.1) is 6.92 Å². The van der Waals surface area contributed by atoms with Gasteiger partial charge in [-0.15, -0.1) is 0 Å². The Morgan fingerprint density at radius 1 is 1.04 bits per heavy atom. The van der Waals surface area contributed by atoms with Crippen LogP contribution in [0.2, 0.25) is 0 Å². The highest BCUT2D eigenvalue weighted by Gasteiger charge is 2.34. The molecule has 7 heteroatoms. The quantitative estimate of drug-likeness (QED) is 0.700. The van der Waals surface area contributed by atoms with Gasteiger partial charge in [-0.25, -0.2) is 0 Å². The number of rotatable bonds is 3. The Morgan fingerprint density at radius 3 is 2.07 bits per heavy atom. The first-order valence-corrected chi connectivity index (χ1v) is 10.3. The lowest BCUT2D eigenvalue weighted by molar-refractivity contribution is -0.121. The van der Waals surface area contributed by atoms with Crippen LogP contribution in [0.1, 0.15) is 30.9 Å². The van der Waals surface area contributed by atoms with Gasteiger partial charge in [0.1, 0.15) is 0 Å². The van der Waals surface area contributed by atoms with Crippen LogP contribution in [-0.2, 0) is 20.5 Å². The molecular formula is C20H26N2O4S. The van der Waals surface area contributed by atoms with Gasteiger partial charge >= 0.3 is 0 Å². The highest BCUT2D eigenvalue weighted by Crippen LogP contribution is 2.30. The van der Waals surface area contributed by atoms with Crippen molar-refractivity contribution in [3.05, 3.63) is 65.7 Å². The van der Waals surface area contributed by atoms with Crippen molar-refractivity contribution in [2.45, 2.75) is 37.1 Å². The number of nitrogens with one attached hydrogen (secondary N) is 2. The Hall–Kier alpha value is -2.22. The first kappa shape index (κ1) is 21.1. The number of aryl methyl sites for hydroxylation is 1. The first-order chi connectivity index (χ1) is 12.7. The minimum atomic E-state index is -4.02. The van der Waals surface area contributed by atoms with E-state index in [1.165, 1.54) is 17.7 Å². The van der Waals surface area contributed by atoms with Crippen molar-refractivity contribution in [1.82, 2.24) is 10.6 Å². The number of benzene rings is 2. The molecule has 1 heterocycles. The summed E-state index contributed by atoms with van der Waals surface area (Å²) >= 11 is 0. The minimum Gasteiger partial charge on any atom is -0.347 e. The number of carbonyl (C=O) groups is 1. The van der Waals surface area contributed by atoms with Gasteiger partial charge in [0.2, 0.25) is 5.91 Å². The van der Waals surface area contributed by atoms with E-state index in [9.17, 15) is 13.2 Å². The predicted molar refractivity (Wildman–Crippen MR) is 105 cm³/mol. The van der Waals surface area contributed by atoms with Crippen LogP contribution in [0.25, 0.3) is 0 Å². The topological polar surface area (TPSA) is 95.5 Å². The lowest BCUT2D eigenvalue weighted by Crippen LogP contribution is -2.51. The van der Waals surface area contributed by atoms with Crippen molar-refractivity contribution in [2.75, 3.05) is 13.1 Å². The first-order valence-electron chi connectivity index (χ1n) is 8.82. The van der Waals surface area contributed by atoms with E-state index in [2.05, 4.69) is 22.8 Å². The summed E-state index contributed by atoms with van der Waals surface area (Å²) in [5.41, 5.74) is 2.00. The Balaban J connectivity index is 0.000000208. The molecule has 0 saturated carbocycles. The Morgan fingerprint density at radius 2 is 1.59 bits per heavy atom. The summed E-state index contributed by atoms with van der Waals surface area (Å²) in [6, 6.07) is 16.2. The normalized spacial score (nSPS) is 16.0. The molecule has 1 saturated heterocycles. The van der Waals surface area contributed by atoms with E-state index in [1.807, 2.05) is 25.1 Å². The molecule has 3 N–H and O–H groups in total. The molecule has 0 radical (unpaired) electrons. The molecule has 146 valence electrons. The van der Waals surface area contributed by atoms with Gasteiger partial charge in [0.05, 0.1) is 10.4 Å². The van der Waals surface area contributed by atoms with Crippen molar-refractivity contribution in [2.24, 2.45) is 0 Å². The molecule has 27 heavy (non-hydrogen) atoms. The second-order valence-electron chi connectivity index (χ2n) is 6.67. The summed E-state index contributed by atoms with van der Waals surface area (Å²) in [6.45, 7) is 5.34. The van der Waals surface area contributed by atoms with Crippen molar-refractivity contribution in [3.63, 3.8) is 0 Å². The number of hydrogen-bond donors (Lipinski definition) is 3. The van der Waals surface area contributed by atoms with E-state index < -0.39 is 10.1 Å². The van der Waals surface area contributed by atoms with Crippen molar-refractivity contribution >= 4 is 16.0 Å². The fourth-order valence-corrected chi connectivity index (χ4v) is 3.62. The summed E-state index contributed by atoms with van der Waals surface area (Å²) in [5, 5.41) is 6.46. The van der Waals surface area contributed by atoms with Gasteiger partial charge < -0.3 is 10.6 Å². The number of amides is 1. The molecule has 2 aromatic carbocycles. The summed E-state index contributed by atoms with van der Waals surface area (Å²) in [5.74, 6) is 0.0470. The van der Waals surface area contributed by atoms with Gasteiger partial charge in [-0.2, -0.15) is 8.42 Å². The molecular weight excluding hydrogens is 364 g/mol. The minimum absolute atomic E-state index is 0.0470.